The average Bonchev–Trinajstić information content (AvgIpc) is 2.66. The summed E-state index contributed by atoms with van der Waals surface area (Å²) in [6.07, 6.45) is 2.87. The molecule has 0 fully saturated rings. The normalized spacial score (nSPS) is 11.8. The maximum atomic E-state index is 12.4. The van der Waals surface area contributed by atoms with E-state index in [0.717, 1.165) is 51.1 Å². The molecule has 0 spiro atoms. The predicted octanol–water partition coefficient (Wildman–Crippen LogP) is 3.01. The van der Waals surface area contributed by atoms with E-state index in [2.05, 4.69) is 40.9 Å². The number of carbonyl (C=O) groups excluding carboxylic acids is 1. The van der Waals surface area contributed by atoms with E-state index in [1.54, 1.807) is 6.07 Å². The second-order valence-electron chi connectivity index (χ2n) is 8.16. The first-order chi connectivity index (χ1) is 13.7. The fourth-order valence-corrected chi connectivity index (χ4v) is 3.08. The molecule has 0 bridgehead atoms. The van der Waals surface area contributed by atoms with E-state index in [1.807, 2.05) is 19.9 Å². The molecular formula is C22H38N4O3. The molecule has 29 heavy (non-hydrogen) atoms. The van der Waals surface area contributed by atoms with Crippen LogP contribution >= 0.6 is 0 Å². The van der Waals surface area contributed by atoms with Crippen LogP contribution in [0.3, 0.4) is 0 Å². The Morgan fingerprint density at radius 1 is 1.03 bits per heavy atom. The van der Waals surface area contributed by atoms with Crippen LogP contribution in [0.25, 0.3) is 0 Å². The smallest absolute Gasteiger partial charge is 0.354 e. The number of carbonyl (C=O) groups is 2. The third kappa shape index (κ3) is 9.85. The molecule has 0 aliphatic rings. The van der Waals surface area contributed by atoms with Gasteiger partial charge in [-0.2, -0.15) is 0 Å². The number of rotatable bonds is 14. The van der Waals surface area contributed by atoms with Crippen molar-refractivity contribution in [2.45, 2.75) is 66.0 Å². The summed E-state index contributed by atoms with van der Waals surface area (Å²) in [5.41, 5.74) is 0.633. The third-order valence-electron chi connectivity index (χ3n) is 4.95. The summed E-state index contributed by atoms with van der Waals surface area (Å²) in [6, 6.07) is 5.10. The van der Waals surface area contributed by atoms with Crippen LogP contribution in [0.2, 0.25) is 0 Å². The molecule has 0 saturated heterocycles. The van der Waals surface area contributed by atoms with Crippen LogP contribution in [0.4, 0.5) is 0 Å². The molecule has 1 amide bonds. The maximum Gasteiger partial charge on any atom is 0.354 e. The molecule has 0 atom stereocenters. The van der Waals surface area contributed by atoms with E-state index in [-0.39, 0.29) is 17.1 Å². The van der Waals surface area contributed by atoms with Gasteiger partial charge >= 0.3 is 5.97 Å². The molecule has 1 aromatic heterocycles. The molecule has 1 rings (SSSR count). The van der Waals surface area contributed by atoms with E-state index in [9.17, 15) is 9.59 Å². The lowest BCUT2D eigenvalue weighted by molar-refractivity contribution is -0.124. The highest BCUT2D eigenvalue weighted by molar-refractivity contribution is 5.85. The Morgan fingerprint density at radius 3 is 2.24 bits per heavy atom. The molecule has 0 saturated carbocycles. The first kappa shape index (κ1) is 25.0. The Kier molecular flexibility index (Phi) is 10.8. The van der Waals surface area contributed by atoms with Crippen molar-refractivity contribution in [1.82, 2.24) is 20.1 Å². The lowest BCUT2D eigenvalue weighted by Crippen LogP contribution is -2.48. The van der Waals surface area contributed by atoms with Crippen LogP contribution in [-0.4, -0.2) is 70.0 Å². The fraction of sp³-hybridized carbons (Fsp3) is 0.682. The average molecular weight is 407 g/mol. The van der Waals surface area contributed by atoms with E-state index in [0.29, 0.717) is 13.1 Å². The second-order valence-corrected chi connectivity index (χ2v) is 8.16. The topological polar surface area (TPSA) is 85.8 Å². The lowest BCUT2D eigenvalue weighted by Gasteiger charge is -2.29. The summed E-state index contributed by atoms with van der Waals surface area (Å²) in [6.45, 7) is 14.7. The molecule has 164 valence electrons. The Morgan fingerprint density at radius 2 is 1.66 bits per heavy atom. The number of nitrogens with one attached hydrogen (secondary N) is 1. The minimum atomic E-state index is -1.01. The number of amides is 1. The highest BCUT2D eigenvalue weighted by Crippen LogP contribution is 2.08. The van der Waals surface area contributed by atoms with Gasteiger partial charge in [0, 0.05) is 25.2 Å². The molecule has 1 heterocycles. The summed E-state index contributed by atoms with van der Waals surface area (Å²) in [5, 5.41) is 12.2. The van der Waals surface area contributed by atoms with Crippen LogP contribution in [0, 0.1) is 0 Å². The number of nitrogens with zero attached hydrogens (tertiary/aromatic N) is 3. The number of pyridine rings is 1. The molecule has 1 aromatic rings. The van der Waals surface area contributed by atoms with Gasteiger partial charge in [0.2, 0.25) is 5.91 Å². The van der Waals surface area contributed by atoms with Gasteiger partial charge in [0.15, 0.2) is 0 Å². The van der Waals surface area contributed by atoms with Gasteiger partial charge in [0.1, 0.15) is 5.69 Å². The molecule has 0 unspecified atom stereocenters. The second kappa shape index (κ2) is 12.5. The molecule has 2 N–H and O–H groups in total. The fourth-order valence-electron chi connectivity index (χ4n) is 3.08. The zero-order valence-corrected chi connectivity index (χ0v) is 18.7. The molecule has 7 heteroatoms. The van der Waals surface area contributed by atoms with Gasteiger partial charge in [-0.25, -0.2) is 9.78 Å². The molecule has 0 aliphatic carbocycles. The van der Waals surface area contributed by atoms with Gasteiger partial charge in [-0.1, -0.05) is 26.8 Å². The Balaban J connectivity index is 2.69. The quantitative estimate of drug-likeness (QED) is 0.494. The Hall–Kier alpha value is -1.99. The maximum absolute atomic E-state index is 12.4. The van der Waals surface area contributed by atoms with E-state index in [1.165, 1.54) is 6.07 Å². The van der Waals surface area contributed by atoms with Crippen molar-refractivity contribution in [2.75, 3.05) is 32.7 Å². The monoisotopic (exact) mass is 406 g/mol. The van der Waals surface area contributed by atoms with Crippen molar-refractivity contribution in [3.63, 3.8) is 0 Å². The van der Waals surface area contributed by atoms with E-state index >= 15 is 0 Å². The van der Waals surface area contributed by atoms with Crippen LogP contribution in [0.1, 0.15) is 70.1 Å². The van der Waals surface area contributed by atoms with Crippen molar-refractivity contribution < 1.29 is 14.7 Å². The Bertz CT molecular complexity index is 649. The number of aromatic carboxylic acids is 1. The van der Waals surface area contributed by atoms with Crippen LogP contribution in [-0.2, 0) is 11.3 Å². The van der Waals surface area contributed by atoms with Gasteiger partial charge in [-0.3, -0.25) is 14.6 Å². The highest BCUT2D eigenvalue weighted by atomic mass is 16.4. The predicted molar refractivity (Wildman–Crippen MR) is 116 cm³/mol. The third-order valence-corrected chi connectivity index (χ3v) is 4.95. The molecule has 7 nitrogen and oxygen atoms in total. The Labute approximate surface area is 175 Å². The zero-order valence-electron chi connectivity index (χ0n) is 18.7. The lowest BCUT2D eigenvalue weighted by atomic mass is 10.0. The number of hydrogen-bond donors (Lipinski definition) is 2. The number of carboxylic acids is 1. The van der Waals surface area contributed by atoms with Crippen molar-refractivity contribution in [3.8, 4) is 0 Å². The zero-order chi connectivity index (χ0) is 21.9. The van der Waals surface area contributed by atoms with Gasteiger partial charge in [-0.05, 0) is 58.3 Å². The van der Waals surface area contributed by atoms with Crippen molar-refractivity contribution in [2.24, 2.45) is 0 Å². The molecule has 0 aromatic carbocycles. The van der Waals surface area contributed by atoms with Crippen LogP contribution in [0.5, 0.6) is 0 Å². The number of carboxylic acid groups (broad SMARTS) is 1. The summed E-state index contributed by atoms with van der Waals surface area (Å²) >= 11 is 0. The standard InChI is InChI=1S/C22H38N4O3/c1-6-12-25(16-18-10-9-11-19(23-18)21(28)29)14-15-26(13-7-2)17-20(27)24-22(4,5)8-3/h9-11H,6-8,12-17H2,1-5H3,(H,24,27)(H,28,29). The van der Waals surface area contributed by atoms with E-state index in [4.69, 9.17) is 5.11 Å². The first-order valence-corrected chi connectivity index (χ1v) is 10.7. The first-order valence-electron chi connectivity index (χ1n) is 10.7. The number of hydrogen-bond acceptors (Lipinski definition) is 5. The van der Waals surface area contributed by atoms with Crippen molar-refractivity contribution in [1.29, 1.82) is 0 Å². The number of aromatic nitrogens is 1. The SMILES string of the molecule is CCCN(CCN(CCC)Cc1cccc(C(=O)O)n1)CC(=O)NC(C)(C)CC. The summed E-state index contributed by atoms with van der Waals surface area (Å²) in [7, 11) is 0. The molecule has 0 radical (unpaired) electrons. The summed E-state index contributed by atoms with van der Waals surface area (Å²) in [5.74, 6) is -0.952. The minimum absolute atomic E-state index is 0.0585. The molecular weight excluding hydrogens is 368 g/mol. The van der Waals surface area contributed by atoms with Gasteiger partial charge in [0.25, 0.3) is 0 Å². The molecule has 0 aliphatic heterocycles. The summed E-state index contributed by atoms with van der Waals surface area (Å²) in [4.78, 5) is 32.3. The largest absolute Gasteiger partial charge is 0.477 e. The van der Waals surface area contributed by atoms with Gasteiger partial charge in [-0.15, -0.1) is 0 Å². The summed E-state index contributed by atoms with van der Waals surface area (Å²) < 4.78 is 0. The van der Waals surface area contributed by atoms with Crippen molar-refractivity contribution >= 4 is 11.9 Å². The van der Waals surface area contributed by atoms with Crippen molar-refractivity contribution in [3.05, 3.63) is 29.6 Å². The highest BCUT2D eigenvalue weighted by Gasteiger charge is 2.20. The van der Waals surface area contributed by atoms with E-state index < -0.39 is 5.97 Å². The van der Waals surface area contributed by atoms with Crippen LogP contribution < -0.4 is 5.32 Å². The minimum Gasteiger partial charge on any atom is -0.477 e. The van der Waals surface area contributed by atoms with Gasteiger partial charge < -0.3 is 10.4 Å². The van der Waals surface area contributed by atoms with Crippen LogP contribution in [0.15, 0.2) is 18.2 Å². The van der Waals surface area contributed by atoms with Gasteiger partial charge in [0.05, 0.1) is 12.2 Å².